The topological polar surface area (TPSA) is 56.8 Å². The summed E-state index contributed by atoms with van der Waals surface area (Å²) in [7, 11) is 1.96. The molecule has 0 radical (unpaired) electrons. The number of aryl methyl sites for hydroxylation is 1. The smallest absolute Gasteiger partial charge is 0.0922 e. The fraction of sp³-hybridized carbons (Fsp3) is 0.467. The first-order chi connectivity index (χ1) is 9.74. The lowest BCUT2D eigenvalue weighted by Gasteiger charge is -2.15. The predicted molar refractivity (Wildman–Crippen MR) is 79.7 cm³/mol. The molecule has 1 unspecified atom stereocenters. The number of imidazole rings is 1. The Labute approximate surface area is 119 Å². The molecule has 1 aliphatic heterocycles. The maximum atomic E-state index is 4.71. The van der Waals surface area contributed by atoms with Gasteiger partial charge in [0.1, 0.15) is 0 Å². The molecule has 0 aliphatic carbocycles. The number of likely N-dealkylation sites (tertiary alicyclic amines) is 1. The monoisotopic (exact) mass is 271 g/mol. The molecule has 1 atom stereocenters. The van der Waals surface area contributed by atoms with Crippen molar-refractivity contribution in [2.24, 2.45) is 0 Å². The Kier molecular flexibility index (Phi) is 3.69. The van der Waals surface area contributed by atoms with Crippen LogP contribution in [0.2, 0.25) is 0 Å². The van der Waals surface area contributed by atoms with Crippen molar-refractivity contribution in [1.29, 1.82) is 0 Å². The minimum atomic E-state index is 0.532. The molecule has 1 fully saturated rings. The van der Waals surface area contributed by atoms with Crippen LogP contribution in [-0.4, -0.2) is 40.0 Å². The zero-order valence-electron chi connectivity index (χ0n) is 12.1. The molecule has 2 aromatic rings. The van der Waals surface area contributed by atoms with Crippen LogP contribution in [0.4, 0.5) is 5.69 Å². The molecule has 2 N–H and O–H groups in total. The SMILES string of the molecule is CNc1cc(C)nc(C2CCN(Cc3cnc[nH]3)C2)c1. The van der Waals surface area contributed by atoms with E-state index in [9.17, 15) is 0 Å². The molecule has 5 nitrogen and oxygen atoms in total. The van der Waals surface area contributed by atoms with Crippen LogP contribution in [0.5, 0.6) is 0 Å². The average Bonchev–Trinajstić information content (AvgIpc) is 3.10. The lowest BCUT2D eigenvalue weighted by atomic mass is 10.0. The van der Waals surface area contributed by atoms with E-state index in [0.29, 0.717) is 5.92 Å². The van der Waals surface area contributed by atoms with Gasteiger partial charge in [-0.3, -0.25) is 9.88 Å². The minimum Gasteiger partial charge on any atom is -0.388 e. The molecule has 3 heterocycles. The summed E-state index contributed by atoms with van der Waals surface area (Å²) < 4.78 is 0. The fourth-order valence-electron chi connectivity index (χ4n) is 2.88. The van der Waals surface area contributed by atoms with Crippen molar-refractivity contribution in [3.05, 3.63) is 41.7 Å². The van der Waals surface area contributed by atoms with E-state index in [-0.39, 0.29) is 0 Å². The number of anilines is 1. The van der Waals surface area contributed by atoms with Crippen LogP contribution in [0, 0.1) is 6.92 Å². The van der Waals surface area contributed by atoms with Gasteiger partial charge in [0.05, 0.1) is 6.33 Å². The van der Waals surface area contributed by atoms with Gasteiger partial charge in [0.15, 0.2) is 0 Å². The van der Waals surface area contributed by atoms with Gasteiger partial charge >= 0.3 is 0 Å². The second-order valence-corrected chi connectivity index (χ2v) is 5.47. The van der Waals surface area contributed by atoms with Gasteiger partial charge in [-0.15, -0.1) is 0 Å². The number of nitrogens with zero attached hydrogens (tertiary/aromatic N) is 3. The molecular formula is C15H21N5. The quantitative estimate of drug-likeness (QED) is 0.894. The molecular weight excluding hydrogens is 250 g/mol. The van der Waals surface area contributed by atoms with E-state index in [2.05, 4.69) is 39.2 Å². The number of H-pyrrole nitrogens is 1. The molecule has 0 saturated carbocycles. The molecule has 2 aromatic heterocycles. The van der Waals surface area contributed by atoms with E-state index in [1.54, 1.807) is 6.33 Å². The van der Waals surface area contributed by atoms with Crippen LogP contribution in [0.3, 0.4) is 0 Å². The van der Waals surface area contributed by atoms with Gasteiger partial charge in [0, 0.05) is 55.0 Å². The summed E-state index contributed by atoms with van der Waals surface area (Å²) in [4.78, 5) is 14.4. The second kappa shape index (κ2) is 5.63. The van der Waals surface area contributed by atoms with E-state index >= 15 is 0 Å². The normalized spacial score (nSPS) is 19.4. The van der Waals surface area contributed by atoms with E-state index in [1.807, 2.05) is 13.2 Å². The van der Waals surface area contributed by atoms with Crippen molar-refractivity contribution in [1.82, 2.24) is 19.9 Å². The van der Waals surface area contributed by atoms with Crippen molar-refractivity contribution < 1.29 is 0 Å². The largest absolute Gasteiger partial charge is 0.388 e. The lowest BCUT2D eigenvalue weighted by molar-refractivity contribution is 0.323. The van der Waals surface area contributed by atoms with Crippen LogP contribution in [0.1, 0.15) is 29.4 Å². The Morgan fingerprint density at radius 2 is 2.35 bits per heavy atom. The molecule has 1 aliphatic rings. The van der Waals surface area contributed by atoms with Crippen LogP contribution in [0.15, 0.2) is 24.7 Å². The number of pyridine rings is 1. The van der Waals surface area contributed by atoms with Crippen LogP contribution in [0.25, 0.3) is 0 Å². The third-order valence-electron chi connectivity index (χ3n) is 3.90. The highest BCUT2D eigenvalue weighted by molar-refractivity contribution is 5.45. The summed E-state index contributed by atoms with van der Waals surface area (Å²) in [5.41, 5.74) is 4.62. The number of rotatable bonds is 4. The van der Waals surface area contributed by atoms with E-state index in [1.165, 1.54) is 17.8 Å². The van der Waals surface area contributed by atoms with Crippen LogP contribution < -0.4 is 5.32 Å². The molecule has 1 saturated heterocycles. The van der Waals surface area contributed by atoms with E-state index < -0.39 is 0 Å². The number of hydrogen-bond acceptors (Lipinski definition) is 4. The van der Waals surface area contributed by atoms with Gasteiger partial charge in [-0.25, -0.2) is 4.98 Å². The highest BCUT2D eigenvalue weighted by Crippen LogP contribution is 2.28. The summed E-state index contributed by atoms with van der Waals surface area (Å²) in [6.07, 6.45) is 4.81. The number of aromatic nitrogens is 3. The highest BCUT2D eigenvalue weighted by atomic mass is 15.2. The average molecular weight is 271 g/mol. The first-order valence-electron chi connectivity index (χ1n) is 7.10. The van der Waals surface area contributed by atoms with Gasteiger partial charge in [0.25, 0.3) is 0 Å². The summed E-state index contributed by atoms with van der Waals surface area (Å²) >= 11 is 0. The minimum absolute atomic E-state index is 0.532. The molecule has 20 heavy (non-hydrogen) atoms. The Morgan fingerprint density at radius 3 is 3.10 bits per heavy atom. The molecule has 5 heteroatoms. The zero-order chi connectivity index (χ0) is 13.9. The lowest BCUT2D eigenvalue weighted by Crippen LogP contribution is -2.20. The first-order valence-corrected chi connectivity index (χ1v) is 7.10. The molecule has 3 rings (SSSR count). The van der Waals surface area contributed by atoms with Crippen molar-refractivity contribution in [3.8, 4) is 0 Å². The van der Waals surface area contributed by atoms with Crippen molar-refractivity contribution >= 4 is 5.69 Å². The van der Waals surface area contributed by atoms with Crippen molar-refractivity contribution in [2.75, 3.05) is 25.5 Å². The van der Waals surface area contributed by atoms with Crippen LogP contribution in [-0.2, 0) is 6.54 Å². The molecule has 0 bridgehead atoms. The maximum absolute atomic E-state index is 4.71. The van der Waals surface area contributed by atoms with E-state index in [0.717, 1.165) is 31.0 Å². The first kappa shape index (κ1) is 13.1. The van der Waals surface area contributed by atoms with Gasteiger partial charge in [-0.1, -0.05) is 0 Å². The summed E-state index contributed by atoms with van der Waals surface area (Å²) in [5.74, 6) is 0.532. The zero-order valence-corrected chi connectivity index (χ0v) is 12.1. The Morgan fingerprint density at radius 1 is 1.45 bits per heavy atom. The highest BCUT2D eigenvalue weighted by Gasteiger charge is 2.25. The molecule has 106 valence electrons. The van der Waals surface area contributed by atoms with Gasteiger partial charge in [0.2, 0.25) is 0 Å². The standard InChI is InChI=1S/C15H21N5/c1-11-5-13(16-2)6-15(19-11)12-3-4-20(8-12)9-14-7-17-10-18-14/h5-7,10,12H,3-4,8-9H2,1-2H3,(H,16,19)(H,17,18). The number of aromatic amines is 1. The fourth-order valence-corrected chi connectivity index (χ4v) is 2.88. The van der Waals surface area contributed by atoms with Crippen molar-refractivity contribution in [2.45, 2.75) is 25.8 Å². The van der Waals surface area contributed by atoms with Crippen molar-refractivity contribution in [3.63, 3.8) is 0 Å². The Hall–Kier alpha value is -1.88. The Balaban J connectivity index is 1.69. The summed E-state index contributed by atoms with van der Waals surface area (Å²) in [6.45, 7) is 5.19. The Bertz CT molecular complexity index is 564. The van der Waals surface area contributed by atoms with Crippen LogP contribution >= 0.6 is 0 Å². The number of hydrogen-bond donors (Lipinski definition) is 2. The molecule has 0 aromatic carbocycles. The van der Waals surface area contributed by atoms with Gasteiger partial charge < -0.3 is 10.3 Å². The molecule has 0 amide bonds. The summed E-state index contributed by atoms with van der Waals surface area (Å²) in [5, 5.41) is 3.21. The predicted octanol–water partition coefficient (Wildman–Crippen LogP) is 2.14. The second-order valence-electron chi connectivity index (χ2n) is 5.47. The third kappa shape index (κ3) is 2.82. The van der Waals surface area contributed by atoms with Gasteiger partial charge in [-0.05, 0) is 32.0 Å². The third-order valence-corrected chi connectivity index (χ3v) is 3.90. The number of nitrogens with one attached hydrogen (secondary N) is 2. The van der Waals surface area contributed by atoms with Gasteiger partial charge in [-0.2, -0.15) is 0 Å². The summed E-state index contributed by atoms with van der Waals surface area (Å²) in [6, 6.07) is 4.26. The maximum Gasteiger partial charge on any atom is 0.0922 e. The molecule has 0 spiro atoms. The van der Waals surface area contributed by atoms with E-state index in [4.69, 9.17) is 4.98 Å².